The summed E-state index contributed by atoms with van der Waals surface area (Å²) in [5.74, 6) is -2.31. The Morgan fingerprint density at radius 1 is 0.829 bits per heavy atom. The first-order valence-electron chi connectivity index (χ1n) is 11.6. The maximum atomic E-state index is 12.7. The number of halogens is 3. The normalized spacial score (nSPS) is 10.7. The predicted molar refractivity (Wildman–Crippen MR) is 155 cm³/mol. The Balaban J connectivity index is 1.45. The highest BCUT2D eigenvalue weighted by Gasteiger charge is 2.23. The largest absolute Gasteiger partial charge is 0.415 e. The van der Waals surface area contributed by atoms with E-state index in [0.717, 1.165) is 12.3 Å². The van der Waals surface area contributed by atoms with Crippen LogP contribution in [0.1, 0.15) is 36.6 Å². The third kappa shape index (κ3) is 7.46. The summed E-state index contributed by atoms with van der Waals surface area (Å²) in [4.78, 5) is 48.5. The first-order chi connectivity index (χ1) is 19.6. The average Bonchev–Trinajstić information content (AvgIpc) is 2.94. The van der Waals surface area contributed by atoms with Gasteiger partial charge in [0.2, 0.25) is 5.75 Å². The molecule has 0 unspecified atom stereocenters. The number of carbonyl (C=O) groups is 3. The van der Waals surface area contributed by atoms with E-state index in [9.17, 15) is 24.5 Å². The van der Waals surface area contributed by atoms with E-state index in [1.807, 2.05) is 0 Å². The number of amides is 2. The van der Waals surface area contributed by atoms with E-state index in [0.29, 0.717) is 16.3 Å². The molecule has 4 aromatic carbocycles. The third-order valence-corrected chi connectivity index (χ3v) is 6.25. The second-order valence-corrected chi connectivity index (χ2v) is 9.48. The van der Waals surface area contributed by atoms with E-state index in [1.165, 1.54) is 54.6 Å². The molecule has 206 valence electrons. The van der Waals surface area contributed by atoms with E-state index in [4.69, 9.17) is 39.5 Å². The van der Waals surface area contributed by atoms with Crippen LogP contribution in [0.2, 0.25) is 15.1 Å². The molecular formula is C28H17Cl3N4O6. The molecule has 0 saturated carbocycles. The number of hydrazone groups is 1. The Labute approximate surface area is 247 Å². The number of ether oxygens (including phenoxy) is 1. The average molecular weight is 612 g/mol. The van der Waals surface area contributed by atoms with Gasteiger partial charge in [0.05, 0.1) is 21.7 Å². The van der Waals surface area contributed by atoms with Crippen LogP contribution < -0.4 is 15.5 Å². The van der Waals surface area contributed by atoms with Crippen LogP contribution in [0.15, 0.2) is 90.0 Å². The molecule has 0 saturated heterocycles. The van der Waals surface area contributed by atoms with E-state index in [1.54, 1.807) is 24.3 Å². The maximum Gasteiger partial charge on any atom is 0.345 e. The minimum absolute atomic E-state index is 0.000807. The fraction of sp³-hybridized carbons (Fsp3) is 0. The first-order valence-corrected chi connectivity index (χ1v) is 12.7. The van der Waals surface area contributed by atoms with Gasteiger partial charge in [0.25, 0.3) is 11.8 Å². The van der Waals surface area contributed by atoms with Gasteiger partial charge in [0.1, 0.15) is 0 Å². The lowest BCUT2D eigenvalue weighted by Gasteiger charge is -2.09. The van der Waals surface area contributed by atoms with Crippen molar-refractivity contribution >= 4 is 70.2 Å². The minimum atomic E-state index is -0.956. The zero-order chi connectivity index (χ0) is 29.5. The molecule has 13 heteroatoms. The molecule has 10 nitrogen and oxygen atoms in total. The van der Waals surface area contributed by atoms with Gasteiger partial charge >= 0.3 is 11.7 Å². The summed E-state index contributed by atoms with van der Waals surface area (Å²) in [6.07, 6.45) is 1.09. The van der Waals surface area contributed by atoms with Gasteiger partial charge in [-0.25, -0.2) is 10.2 Å². The molecule has 0 aromatic heterocycles. The summed E-state index contributed by atoms with van der Waals surface area (Å²) in [5, 5.41) is 18.9. The van der Waals surface area contributed by atoms with Crippen molar-refractivity contribution in [3.8, 4) is 5.75 Å². The summed E-state index contributed by atoms with van der Waals surface area (Å²) < 4.78 is 5.32. The van der Waals surface area contributed by atoms with Crippen LogP contribution in [0.4, 0.5) is 11.4 Å². The molecule has 0 spiro atoms. The van der Waals surface area contributed by atoms with Crippen molar-refractivity contribution in [1.29, 1.82) is 0 Å². The second-order valence-electron chi connectivity index (χ2n) is 8.20. The molecule has 41 heavy (non-hydrogen) atoms. The topological polar surface area (TPSA) is 140 Å². The number of benzene rings is 4. The quantitative estimate of drug-likeness (QED) is 0.0739. The highest BCUT2D eigenvalue weighted by Crippen LogP contribution is 2.32. The van der Waals surface area contributed by atoms with E-state index < -0.39 is 28.2 Å². The standard InChI is InChI=1S/C28H17Cl3N4O6/c29-19-8-4-16(5-9-19)26(36)33-21-11-6-17(7-12-21)27(37)34-32-15-18-2-1-3-24(35(39)40)25(18)41-28(38)22-13-10-20(30)14-23(22)31/h1-15H,(H,33,36)(H,34,37)/b32-15+. The molecule has 0 heterocycles. The molecule has 0 aliphatic carbocycles. The highest BCUT2D eigenvalue weighted by molar-refractivity contribution is 6.36. The first kappa shape index (κ1) is 29.2. The number of nitro groups is 1. The number of hydrogen-bond donors (Lipinski definition) is 2. The number of nitrogens with zero attached hydrogens (tertiary/aromatic N) is 2. The second kappa shape index (κ2) is 13.1. The monoisotopic (exact) mass is 610 g/mol. The van der Waals surface area contributed by atoms with Crippen LogP contribution in [-0.4, -0.2) is 28.9 Å². The van der Waals surface area contributed by atoms with Crippen LogP contribution in [0.3, 0.4) is 0 Å². The Hall–Kier alpha value is -4.77. The van der Waals surface area contributed by atoms with Crippen LogP contribution in [0, 0.1) is 10.1 Å². The Morgan fingerprint density at radius 2 is 1.46 bits per heavy atom. The Bertz CT molecular complexity index is 1680. The summed E-state index contributed by atoms with van der Waals surface area (Å²) in [6, 6.07) is 20.4. The fourth-order valence-corrected chi connectivity index (χ4v) is 4.05. The van der Waals surface area contributed by atoms with E-state index in [2.05, 4.69) is 15.8 Å². The third-order valence-electron chi connectivity index (χ3n) is 5.45. The minimum Gasteiger partial charge on any atom is -0.415 e. The van der Waals surface area contributed by atoms with E-state index >= 15 is 0 Å². The number of anilines is 1. The van der Waals surface area contributed by atoms with Gasteiger partial charge in [0, 0.05) is 38.5 Å². The number of carbonyl (C=O) groups excluding carboxylic acids is 3. The van der Waals surface area contributed by atoms with Crippen molar-refractivity contribution in [2.75, 3.05) is 5.32 Å². The van der Waals surface area contributed by atoms with Crippen molar-refractivity contribution in [3.05, 3.63) is 132 Å². The number of nitrogens with one attached hydrogen (secondary N) is 2. The van der Waals surface area contributed by atoms with Crippen molar-refractivity contribution < 1.29 is 24.0 Å². The zero-order valence-electron chi connectivity index (χ0n) is 20.6. The van der Waals surface area contributed by atoms with Gasteiger partial charge in [-0.1, -0.05) is 40.9 Å². The number of rotatable bonds is 8. The summed E-state index contributed by atoms with van der Waals surface area (Å²) in [6.45, 7) is 0. The van der Waals surface area contributed by atoms with Gasteiger partial charge < -0.3 is 10.1 Å². The lowest BCUT2D eigenvalue weighted by molar-refractivity contribution is -0.385. The molecule has 4 aromatic rings. The van der Waals surface area contributed by atoms with Crippen LogP contribution in [-0.2, 0) is 0 Å². The molecule has 0 fully saturated rings. The molecule has 0 aliphatic rings. The lowest BCUT2D eigenvalue weighted by Crippen LogP contribution is -2.18. The zero-order valence-corrected chi connectivity index (χ0v) is 22.9. The number of para-hydroxylation sites is 1. The Kier molecular flexibility index (Phi) is 9.30. The van der Waals surface area contributed by atoms with Gasteiger partial charge in [-0.3, -0.25) is 19.7 Å². The molecule has 2 N–H and O–H groups in total. The van der Waals surface area contributed by atoms with Gasteiger partial charge in [0.15, 0.2) is 0 Å². The van der Waals surface area contributed by atoms with Gasteiger partial charge in [-0.15, -0.1) is 0 Å². The highest BCUT2D eigenvalue weighted by atomic mass is 35.5. The number of nitro benzene ring substituents is 1. The fourth-order valence-electron chi connectivity index (χ4n) is 3.44. The molecule has 0 bridgehead atoms. The van der Waals surface area contributed by atoms with Crippen molar-refractivity contribution in [1.82, 2.24) is 5.43 Å². The molecular weight excluding hydrogens is 595 g/mol. The number of esters is 1. The maximum absolute atomic E-state index is 12.7. The van der Waals surface area contributed by atoms with Gasteiger partial charge in [-0.05, 0) is 72.8 Å². The van der Waals surface area contributed by atoms with Crippen LogP contribution in [0.25, 0.3) is 0 Å². The lowest BCUT2D eigenvalue weighted by atomic mass is 10.1. The molecule has 4 rings (SSSR count). The molecule has 0 radical (unpaired) electrons. The summed E-state index contributed by atoms with van der Waals surface area (Å²) >= 11 is 17.8. The molecule has 0 aliphatic heterocycles. The van der Waals surface area contributed by atoms with Crippen molar-refractivity contribution in [3.63, 3.8) is 0 Å². The molecule has 0 atom stereocenters. The smallest absolute Gasteiger partial charge is 0.345 e. The van der Waals surface area contributed by atoms with Crippen LogP contribution in [0.5, 0.6) is 5.75 Å². The van der Waals surface area contributed by atoms with Gasteiger partial charge in [-0.2, -0.15) is 5.10 Å². The predicted octanol–water partition coefficient (Wildman–Crippen LogP) is 6.79. The summed E-state index contributed by atoms with van der Waals surface area (Å²) in [5.41, 5.74) is 2.86. The SMILES string of the molecule is O=C(N/N=C/c1cccc([N+](=O)[O-])c1OC(=O)c1ccc(Cl)cc1Cl)c1ccc(NC(=O)c2ccc(Cl)cc2)cc1. The number of hydrogen-bond acceptors (Lipinski definition) is 7. The van der Waals surface area contributed by atoms with Crippen molar-refractivity contribution in [2.24, 2.45) is 5.10 Å². The Morgan fingerprint density at radius 3 is 2.12 bits per heavy atom. The van der Waals surface area contributed by atoms with Crippen LogP contribution >= 0.6 is 34.8 Å². The summed E-state index contributed by atoms with van der Waals surface area (Å²) in [7, 11) is 0. The molecule has 2 amide bonds. The van der Waals surface area contributed by atoms with Crippen molar-refractivity contribution in [2.45, 2.75) is 0 Å². The van der Waals surface area contributed by atoms with E-state index in [-0.39, 0.29) is 32.6 Å².